The molecule has 1 aliphatic rings. The third-order valence-electron chi connectivity index (χ3n) is 7.13. The van der Waals surface area contributed by atoms with Crippen LogP contribution in [0.15, 0.2) is 54.7 Å². The molecule has 1 saturated carbocycles. The van der Waals surface area contributed by atoms with E-state index in [1.54, 1.807) is 42.3 Å². The number of nitrogens with zero attached hydrogens (tertiary/aromatic N) is 4. The van der Waals surface area contributed by atoms with Crippen LogP contribution in [0.3, 0.4) is 0 Å². The molecule has 9 nitrogen and oxygen atoms in total. The zero-order chi connectivity index (χ0) is 29.6. The average molecular weight is 571 g/mol. The predicted octanol–water partition coefficient (Wildman–Crippen LogP) is 3.91. The number of carbonyl (C=O) groups excluding carboxylic acids is 3. The van der Waals surface area contributed by atoms with E-state index < -0.39 is 23.3 Å². The molecule has 0 aliphatic heterocycles. The van der Waals surface area contributed by atoms with Crippen LogP contribution >= 0.6 is 0 Å². The fraction of sp³-hybridized carbons (Fsp3) is 0.414. The van der Waals surface area contributed by atoms with Gasteiger partial charge in [0.15, 0.2) is 5.69 Å². The third kappa shape index (κ3) is 7.71. The van der Waals surface area contributed by atoms with E-state index in [1.807, 2.05) is 25.1 Å². The Morgan fingerprint density at radius 3 is 2.27 bits per heavy atom. The van der Waals surface area contributed by atoms with Crippen LogP contribution in [0, 0.1) is 18.8 Å². The van der Waals surface area contributed by atoms with E-state index in [9.17, 15) is 27.6 Å². The molecule has 0 atom stereocenters. The predicted molar refractivity (Wildman–Crippen MR) is 145 cm³/mol. The van der Waals surface area contributed by atoms with Crippen molar-refractivity contribution in [3.05, 3.63) is 77.4 Å². The molecule has 3 aromatic rings. The Labute approximate surface area is 236 Å². The highest BCUT2D eigenvalue weighted by atomic mass is 19.4. The first kappa shape index (κ1) is 29.8. The highest BCUT2D eigenvalue weighted by Crippen LogP contribution is 2.32. The van der Waals surface area contributed by atoms with Crippen molar-refractivity contribution >= 4 is 17.7 Å². The quantitative estimate of drug-likeness (QED) is 0.380. The Balaban J connectivity index is 1.22. The molecule has 4 rings (SSSR count). The molecule has 0 radical (unpaired) electrons. The highest BCUT2D eigenvalue weighted by molar-refractivity contribution is 5.95. The van der Waals surface area contributed by atoms with Crippen molar-refractivity contribution in [3.8, 4) is 5.69 Å². The number of amides is 3. The summed E-state index contributed by atoms with van der Waals surface area (Å²) in [5.41, 5.74) is 0.213. The summed E-state index contributed by atoms with van der Waals surface area (Å²) < 4.78 is 41.6. The second kappa shape index (κ2) is 13.0. The van der Waals surface area contributed by atoms with Gasteiger partial charge in [0.25, 0.3) is 5.91 Å². The lowest BCUT2D eigenvalue weighted by molar-refractivity contribution is -0.141. The van der Waals surface area contributed by atoms with E-state index in [4.69, 9.17) is 0 Å². The molecule has 1 fully saturated rings. The topological polar surface area (TPSA) is 109 Å². The van der Waals surface area contributed by atoms with Gasteiger partial charge in [-0.1, -0.05) is 24.3 Å². The molecule has 12 heteroatoms. The minimum Gasteiger partial charge on any atom is -0.354 e. The second-order valence-corrected chi connectivity index (χ2v) is 10.2. The van der Waals surface area contributed by atoms with Crippen molar-refractivity contribution in [1.82, 2.24) is 30.3 Å². The van der Waals surface area contributed by atoms with Gasteiger partial charge < -0.3 is 15.5 Å². The summed E-state index contributed by atoms with van der Waals surface area (Å²) in [6, 6.07) is 13.9. The lowest BCUT2D eigenvalue weighted by atomic mass is 9.81. The Morgan fingerprint density at radius 1 is 0.951 bits per heavy atom. The number of para-hydroxylation sites is 1. The molecule has 41 heavy (non-hydrogen) atoms. The lowest BCUT2D eigenvalue weighted by Crippen LogP contribution is -2.40. The summed E-state index contributed by atoms with van der Waals surface area (Å²) in [5.74, 6) is -1.52. The van der Waals surface area contributed by atoms with E-state index >= 15 is 0 Å². The largest absolute Gasteiger partial charge is 0.435 e. The zero-order valence-electron chi connectivity index (χ0n) is 22.9. The molecule has 0 bridgehead atoms. The van der Waals surface area contributed by atoms with Gasteiger partial charge in [0.1, 0.15) is 0 Å². The van der Waals surface area contributed by atoms with Crippen molar-refractivity contribution in [3.63, 3.8) is 0 Å². The minimum absolute atomic E-state index is 0.0312. The minimum atomic E-state index is -4.81. The van der Waals surface area contributed by atoms with Crippen LogP contribution in [0.4, 0.5) is 13.2 Å². The first-order valence-corrected chi connectivity index (χ1v) is 13.5. The maximum atomic E-state index is 13.5. The van der Waals surface area contributed by atoms with Crippen LogP contribution in [-0.2, 0) is 22.3 Å². The number of halogens is 3. The van der Waals surface area contributed by atoms with Gasteiger partial charge >= 0.3 is 6.18 Å². The number of carbonyl (C=O) groups is 3. The molecule has 2 N–H and O–H groups in total. The number of rotatable bonds is 9. The van der Waals surface area contributed by atoms with Crippen LogP contribution in [0.25, 0.3) is 5.69 Å². The van der Waals surface area contributed by atoms with E-state index in [1.165, 1.54) is 0 Å². The second-order valence-electron chi connectivity index (χ2n) is 10.2. The van der Waals surface area contributed by atoms with E-state index in [0.29, 0.717) is 37.9 Å². The molecule has 2 heterocycles. The van der Waals surface area contributed by atoms with Crippen molar-refractivity contribution in [2.75, 3.05) is 20.1 Å². The lowest BCUT2D eigenvalue weighted by Gasteiger charge is -2.30. The fourth-order valence-corrected chi connectivity index (χ4v) is 4.99. The van der Waals surface area contributed by atoms with Crippen LogP contribution in [0.2, 0.25) is 0 Å². The number of nitrogens with one attached hydrogen (secondary N) is 2. The summed E-state index contributed by atoms with van der Waals surface area (Å²) in [4.78, 5) is 44.2. The van der Waals surface area contributed by atoms with Crippen molar-refractivity contribution in [1.29, 1.82) is 0 Å². The molecule has 0 spiro atoms. The highest BCUT2D eigenvalue weighted by Gasteiger charge is 2.39. The van der Waals surface area contributed by atoms with Gasteiger partial charge in [-0.05, 0) is 56.9 Å². The average Bonchev–Trinajstić information content (AvgIpc) is 3.42. The van der Waals surface area contributed by atoms with E-state index in [0.717, 1.165) is 22.3 Å². The number of alkyl halides is 3. The summed E-state index contributed by atoms with van der Waals surface area (Å²) in [5, 5.41) is 8.74. The molecule has 218 valence electrons. The summed E-state index contributed by atoms with van der Waals surface area (Å²) in [6.45, 7) is 2.33. The molecule has 0 saturated heterocycles. The standard InChI is InChI=1S/C29H33F3N6O3/c1-19-7-6-8-22(35-19)17-37(2)28(41)21-13-11-20(12-14-21)26(39)33-15-16-34-27(40)24-18-38(23-9-4-3-5-10-23)36-25(24)29(30,31)32/h3-10,18,20-21H,11-17H2,1-2H3,(H,33,39)(H,34,40)/t20-,21-. The Morgan fingerprint density at radius 2 is 1.61 bits per heavy atom. The maximum absolute atomic E-state index is 13.5. The van der Waals surface area contributed by atoms with Crippen molar-refractivity contribution in [2.24, 2.45) is 11.8 Å². The first-order valence-electron chi connectivity index (χ1n) is 13.5. The van der Waals surface area contributed by atoms with E-state index in [-0.39, 0.29) is 36.7 Å². The smallest absolute Gasteiger partial charge is 0.354 e. The number of aryl methyl sites for hydroxylation is 1. The molecular weight excluding hydrogens is 537 g/mol. The van der Waals surface area contributed by atoms with Crippen LogP contribution in [-0.4, -0.2) is 57.5 Å². The normalized spacial score (nSPS) is 17.1. The maximum Gasteiger partial charge on any atom is 0.435 e. The molecule has 2 aromatic heterocycles. The van der Waals surface area contributed by atoms with Gasteiger partial charge in [0.05, 0.1) is 23.5 Å². The van der Waals surface area contributed by atoms with Crippen LogP contribution in [0.1, 0.15) is 53.1 Å². The molecule has 1 aromatic carbocycles. The van der Waals surface area contributed by atoms with Gasteiger partial charge in [-0.3, -0.25) is 19.4 Å². The fourth-order valence-electron chi connectivity index (χ4n) is 4.99. The summed E-state index contributed by atoms with van der Waals surface area (Å²) in [6.07, 6.45) is -1.48. The number of benzene rings is 1. The third-order valence-corrected chi connectivity index (χ3v) is 7.13. The van der Waals surface area contributed by atoms with Crippen molar-refractivity contribution < 1.29 is 27.6 Å². The molecule has 3 amide bonds. The number of hydrogen-bond donors (Lipinski definition) is 2. The number of pyridine rings is 1. The SMILES string of the molecule is Cc1cccc(CN(C)C(=O)[C@H]2CC[C@H](C(=O)NCCNC(=O)c3cn(-c4ccccc4)nc3C(F)(F)F)CC2)n1. The zero-order valence-corrected chi connectivity index (χ0v) is 22.9. The number of aromatic nitrogens is 3. The molecular formula is C29H33F3N6O3. The van der Waals surface area contributed by atoms with Gasteiger partial charge in [0, 0.05) is 43.9 Å². The Kier molecular flexibility index (Phi) is 9.41. The van der Waals surface area contributed by atoms with Gasteiger partial charge in [-0.2, -0.15) is 18.3 Å². The van der Waals surface area contributed by atoms with Crippen LogP contribution in [0.5, 0.6) is 0 Å². The van der Waals surface area contributed by atoms with Gasteiger partial charge in [0.2, 0.25) is 11.8 Å². The Bertz CT molecular complexity index is 1370. The van der Waals surface area contributed by atoms with Crippen LogP contribution < -0.4 is 10.6 Å². The van der Waals surface area contributed by atoms with Gasteiger partial charge in [-0.25, -0.2) is 4.68 Å². The summed E-state index contributed by atoms with van der Waals surface area (Å²) >= 11 is 0. The Hall–Kier alpha value is -4.22. The first-order chi connectivity index (χ1) is 19.5. The van der Waals surface area contributed by atoms with E-state index in [2.05, 4.69) is 20.7 Å². The monoisotopic (exact) mass is 570 g/mol. The summed E-state index contributed by atoms with van der Waals surface area (Å²) in [7, 11) is 1.75. The van der Waals surface area contributed by atoms with Crippen molar-refractivity contribution in [2.45, 2.75) is 45.3 Å². The van der Waals surface area contributed by atoms with Gasteiger partial charge in [-0.15, -0.1) is 0 Å². The molecule has 1 aliphatic carbocycles. The number of hydrogen-bond acceptors (Lipinski definition) is 5. The molecule has 0 unspecified atom stereocenters.